The fraction of sp³-hybridized carbons (Fsp3) is 0.400. The van der Waals surface area contributed by atoms with Crippen molar-refractivity contribution >= 4 is 5.78 Å². The van der Waals surface area contributed by atoms with E-state index in [1.807, 2.05) is 33.2 Å². The van der Waals surface area contributed by atoms with Gasteiger partial charge in [-0.15, -0.1) is 0 Å². The van der Waals surface area contributed by atoms with Crippen molar-refractivity contribution in [2.24, 2.45) is 0 Å². The average Bonchev–Trinajstić information content (AvgIpc) is 2.26. The van der Waals surface area contributed by atoms with Crippen LogP contribution in [0.1, 0.15) is 41.3 Å². The SMILES string of the molecule is Cc1ccc(C(C)C)cc1C(=O)C#CN(C)C. The Morgan fingerprint density at radius 2 is 1.94 bits per heavy atom. The van der Waals surface area contributed by atoms with Crippen LogP contribution in [0.3, 0.4) is 0 Å². The van der Waals surface area contributed by atoms with Crippen LogP contribution in [0, 0.1) is 18.9 Å². The number of carbonyl (C=O) groups excluding carboxylic acids is 1. The summed E-state index contributed by atoms with van der Waals surface area (Å²) in [6, 6.07) is 8.76. The summed E-state index contributed by atoms with van der Waals surface area (Å²) >= 11 is 0. The molecule has 1 aromatic carbocycles. The van der Waals surface area contributed by atoms with Gasteiger partial charge >= 0.3 is 0 Å². The van der Waals surface area contributed by atoms with Crippen molar-refractivity contribution in [1.82, 2.24) is 4.90 Å². The van der Waals surface area contributed by atoms with Crippen molar-refractivity contribution in [3.8, 4) is 12.0 Å². The zero-order chi connectivity index (χ0) is 13.0. The van der Waals surface area contributed by atoms with Crippen LogP contribution in [-0.2, 0) is 0 Å². The van der Waals surface area contributed by atoms with Crippen LogP contribution in [0.5, 0.6) is 0 Å². The molecule has 0 amide bonds. The number of benzene rings is 1. The molecule has 0 aliphatic heterocycles. The van der Waals surface area contributed by atoms with Crippen LogP contribution < -0.4 is 0 Å². The molecule has 0 saturated carbocycles. The zero-order valence-corrected chi connectivity index (χ0v) is 11.2. The monoisotopic (exact) mass is 229 g/mol. The van der Waals surface area contributed by atoms with Gasteiger partial charge in [0.25, 0.3) is 0 Å². The molecule has 0 aliphatic rings. The molecule has 0 aliphatic carbocycles. The Bertz CT molecular complexity index is 475. The van der Waals surface area contributed by atoms with Crippen molar-refractivity contribution in [3.05, 3.63) is 34.9 Å². The van der Waals surface area contributed by atoms with Gasteiger partial charge in [0.2, 0.25) is 5.78 Å². The number of Topliss-reactive ketones (excluding diaryl/α,β-unsaturated/α-hetero) is 1. The first-order chi connectivity index (χ1) is 7.91. The van der Waals surface area contributed by atoms with Crippen molar-refractivity contribution in [2.45, 2.75) is 26.7 Å². The first-order valence-electron chi connectivity index (χ1n) is 5.75. The van der Waals surface area contributed by atoms with Gasteiger partial charge in [-0.05, 0) is 36.0 Å². The maximum atomic E-state index is 11.9. The highest BCUT2D eigenvalue weighted by Gasteiger charge is 2.09. The summed E-state index contributed by atoms with van der Waals surface area (Å²) in [5, 5.41) is 0. The Balaban J connectivity index is 3.10. The largest absolute Gasteiger partial charge is 0.338 e. The first kappa shape index (κ1) is 13.3. The first-order valence-corrected chi connectivity index (χ1v) is 5.75. The Hall–Kier alpha value is -1.75. The third kappa shape index (κ3) is 3.64. The summed E-state index contributed by atoms with van der Waals surface area (Å²) in [6.07, 6.45) is 0. The molecule has 2 nitrogen and oxygen atoms in total. The van der Waals surface area contributed by atoms with Crippen molar-refractivity contribution in [3.63, 3.8) is 0 Å². The van der Waals surface area contributed by atoms with Crippen molar-refractivity contribution < 1.29 is 4.79 Å². The molecule has 0 aromatic heterocycles. The Morgan fingerprint density at radius 3 is 2.47 bits per heavy atom. The van der Waals surface area contributed by atoms with Gasteiger partial charge in [0.1, 0.15) is 0 Å². The Kier molecular flexibility index (Phi) is 4.34. The molecule has 17 heavy (non-hydrogen) atoms. The molecular formula is C15H19NO. The van der Waals surface area contributed by atoms with E-state index in [0.29, 0.717) is 11.5 Å². The van der Waals surface area contributed by atoms with Gasteiger partial charge in [-0.25, -0.2) is 0 Å². The second-order valence-corrected chi connectivity index (χ2v) is 4.69. The van der Waals surface area contributed by atoms with Crippen LogP contribution in [0.4, 0.5) is 0 Å². The van der Waals surface area contributed by atoms with E-state index >= 15 is 0 Å². The van der Waals surface area contributed by atoms with Crippen LogP contribution >= 0.6 is 0 Å². The Morgan fingerprint density at radius 1 is 1.29 bits per heavy atom. The van der Waals surface area contributed by atoms with E-state index in [1.165, 1.54) is 5.56 Å². The summed E-state index contributed by atoms with van der Waals surface area (Å²) < 4.78 is 0. The van der Waals surface area contributed by atoms with Crippen LogP contribution in [0.25, 0.3) is 0 Å². The topological polar surface area (TPSA) is 20.3 Å². The lowest BCUT2D eigenvalue weighted by Gasteiger charge is -2.08. The van der Waals surface area contributed by atoms with Gasteiger partial charge in [0.15, 0.2) is 0 Å². The molecule has 0 radical (unpaired) electrons. The number of hydrogen-bond donors (Lipinski definition) is 0. The van der Waals surface area contributed by atoms with E-state index < -0.39 is 0 Å². The highest BCUT2D eigenvalue weighted by molar-refractivity contribution is 6.09. The highest BCUT2D eigenvalue weighted by atomic mass is 16.1. The summed E-state index contributed by atoms with van der Waals surface area (Å²) in [5.74, 6) is 2.95. The fourth-order valence-corrected chi connectivity index (χ4v) is 1.47. The maximum Gasteiger partial charge on any atom is 0.237 e. The van der Waals surface area contributed by atoms with Gasteiger partial charge in [-0.2, -0.15) is 0 Å². The summed E-state index contributed by atoms with van der Waals surface area (Å²) in [4.78, 5) is 13.6. The minimum Gasteiger partial charge on any atom is -0.338 e. The molecule has 0 spiro atoms. The lowest BCUT2D eigenvalue weighted by Crippen LogP contribution is -2.05. The Labute approximate surface area is 104 Å². The number of ketones is 1. The molecule has 0 unspecified atom stereocenters. The smallest absolute Gasteiger partial charge is 0.237 e. The van der Waals surface area contributed by atoms with Gasteiger partial charge in [0.05, 0.1) is 0 Å². The second-order valence-electron chi connectivity index (χ2n) is 4.69. The number of nitrogens with zero attached hydrogens (tertiary/aromatic N) is 1. The molecule has 90 valence electrons. The molecule has 1 aromatic rings. The summed E-state index contributed by atoms with van der Waals surface area (Å²) in [6.45, 7) is 6.17. The molecule has 0 fully saturated rings. The van der Waals surface area contributed by atoms with Gasteiger partial charge in [-0.3, -0.25) is 4.79 Å². The van der Waals surface area contributed by atoms with Gasteiger partial charge in [-0.1, -0.05) is 26.0 Å². The molecule has 0 saturated heterocycles. The number of rotatable bonds is 2. The second kappa shape index (κ2) is 5.54. The summed E-state index contributed by atoms with van der Waals surface area (Å²) in [7, 11) is 3.63. The quantitative estimate of drug-likeness (QED) is 0.441. The number of carbonyl (C=O) groups is 1. The minimum atomic E-state index is -0.112. The minimum absolute atomic E-state index is 0.112. The number of aryl methyl sites for hydroxylation is 1. The zero-order valence-electron chi connectivity index (χ0n) is 11.2. The average molecular weight is 229 g/mol. The predicted octanol–water partition coefficient (Wildman–Crippen LogP) is 2.82. The molecule has 0 bridgehead atoms. The molecule has 2 heteroatoms. The van der Waals surface area contributed by atoms with Gasteiger partial charge in [0, 0.05) is 25.7 Å². The van der Waals surface area contributed by atoms with E-state index in [0.717, 1.165) is 5.56 Å². The van der Waals surface area contributed by atoms with Crippen molar-refractivity contribution in [2.75, 3.05) is 14.1 Å². The van der Waals surface area contributed by atoms with E-state index in [4.69, 9.17) is 0 Å². The predicted molar refractivity (Wildman–Crippen MR) is 71.1 cm³/mol. The highest BCUT2D eigenvalue weighted by Crippen LogP contribution is 2.18. The van der Waals surface area contributed by atoms with E-state index in [1.54, 1.807) is 4.90 Å². The molecule has 0 N–H and O–H groups in total. The maximum absolute atomic E-state index is 11.9. The van der Waals surface area contributed by atoms with Gasteiger partial charge < -0.3 is 4.90 Å². The lowest BCUT2D eigenvalue weighted by atomic mass is 9.96. The van der Waals surface area contributed by atoms with Crippen LogP contribution in [0.15, 0.2) is 18.2 Å². The fourth-order valence-electron chi connectivity index (χ4n) is 1.47. The van der Waals surface area contributed by atoms with E-state index in [-0.39, 0.29) is 5.78 Å². The molecule has 0 heterocycles. The normalized spacial score (nSPS) is 9.76. The molecule has 1 rings (SSSR count). The van der Waals surface area contributed by atoms with E-state index in [9.17, 15) is 4.79 Å². The van der Waals surface area contributed by atoms with E-state index in [2.05, 4.69) is 31.9 Å². The lowest BCUT2D eigenvalue weighted by molar-refractivity contribution is 0.105. The van der Waals surface area contributed by atoms with Crippen molar-refractivity contribution in [1.29, 1.82) is 0 Å². The third-order valence-corrected chi connectivity index (χ3v) is 2.57. The standard InChI is InChI=1S/C15H19NO/c1-11(2)13-7-6-12(3)14(10-13)15(17)8-9-16(4)5/h6-7,10-11H,1-5H3. The third-order valence-electron chi connectivity index (χ3n) is 2.57. The van der Waals surface area contributed by atoms with Crippen LogP contribution in [-0.4, -0.2) is 24.8 Å². The number of hydrogen-bond acceptors (Lipinski definition) is 2. The molecular weight excluding hydrogens is 210 g/mol. The summed E-state index contributed by atoms with van der Waals surface area (Å²) in [5.41, 5.74) is 2.86. The van der Waals surface area contributed by atoms with Crippen LogP contribution in [0.2, 0.25) is 0 Å². The molecule has 0 atom stereocenters.